The van der Waals surface area contributed by atoms with Crippen LogP contribution in [0.5, 0.6) is 5.75 Å². The van der Waals surface area contributed by atoms with Gasteiger partial charge in [0.15, 0.2) is 6.23 Å². The van der Waals surface area contributed by atoms with Crippen LogP contribution in [-0.2, 0) is 0 Å². The number of benzene rings is 3. The van der Waals surface area contributed by atoms with E-state index in [-0.39, 0.29) is 12.3 Å². The van der Waals surface area contributed by atoms with E-state index in [0.29, 0.717) is 0 Å². The summed E-state index contributed by atoms with van der Waals surface area (Å²) in [6, 6.07) is 22.1. The first-order valence-corrected chi connectivity index (χ1v) is 7.46. The first kappa shape index (κ1) is 13.3. The summed E-state index contributed by atoms with van der Waals surface area (Å²) in [5, 5.41) is 14.2. The van der Waals surface area contributed by atoms with E-state index >= 15 is 0 Å². The number of fused-ring (bicyclic) bond motifs is 3. The lowest BCUT2D eigenvalue weighted by Crippen LogP contribution is -2.42. The smallest absolute Gasteiger partial charge is 0.172 e. The molecule has 0 saturated heterocycles. The van der Waals surface area contributed by atoms with E-state index in [1.54, 1.807) is 0 Å². The predicted molar refractivity (Wildman–Crippen MR) is 85.9 cm³/mol. The zero-order valence-corrected chi connectivity index (χ0v) is 12.3. The minimum Gasteiger partial charge on any atom is -0.473 e. The molecule has 2 atom stereocenters. The molecule has 3 aromatic rings. The Balaban J connectivity index is 2.01. The largest absolute Gasteiger partial charge is 0.473 e. The lowest BCUT2D eigenvalue weighted by molar-refractivity contribution is -0.209. The first-order chi connectivity index (χ1) is 10.8. The lowest BCUT2D eigenvalue weighted by Gasteiger charge is -2.38. The topological polar surface area (TPSA) is 32.7 Å². The van der Waals surface area contributed by atoms with E-state index in [0.717, 1.165) is 27.6 Å². The van der Waals surface area contributed by atoms with Crippen LogP contribution in [-0.4, -0.2) is 16.5 Å². The molecule has 0 saturated carbocycles. The summed E-state index contributed by atoms with van der Waals surface area (Å²) < 4.78 is 5.88. The Morgan fingerprint density at radius 3 is 2.45 bits per heavy atom. The molecule has 1 aliphatic heterocycles. The number of hydrogen-bond donors (Lipinski definition) is 1. The van der Waals surface area contributed by atoms with E-state index < -0.39 is 0 Å². The summed E-state index contributed by atoms with van der Waals surface area (Å²) in [7, 11) is 0. The highest BCUT2D eigenvalue weighted by Crippen LogP contribution is 2.43. The molecule has 0 aromatic heterocycles. The number of nitrogens with zero attached hydrogens (tertiary/aromatic N) is 1. The van der Waals surface area contributed by atoms with Gasteiger partial charge in [-0.1, -0.05) is 60.7 Å². The molecule has 0 unspecified atom stereocenters. The Bertz CT molecular complexity index is 816. The number of hydrogen-bond acceptors (Lipinski definition) is 3. The van der Waals surface area contributed by atoms with Crippen molar-refractivity contribution in [2.45, 2.75) is 19.2 Å². The maximum Gasteiger partial charge on any atom is 0.172 e. The molecule has 3 aromatic carbocycles. The Kier molecular flexibility index (Phi) is 3.10. The average molecular weight is 291 g/mol. The second-order valence-electron chi connectivity index (χ2n) is 5.61. The molecule has 4 rings (SSSR count). The quantitative estimate of drug-likeness (QED) is 0.723. The Hall–Kier alpha value is -2.36. The summed E-state index contributed by atoms with van der Waals surface area (Å²) in [6.45, 7) is 1.86. The second-order valence-corrected chi connectivity index (χ2v) is 5.61. The number of ether oxygens (including phenoxy) is 1. The second kappa shape index (κ2) is 5.13. The van der Waals surface area contributed by atoms with Gasteiger partial charge in [-0.15, -0.1) is 5.06 Å². The zero-order valence-electron chi connectivity index (χ0n) is 12.3. The lowest BCUT2D eigenvalue weighted by atomic mass is 9.91. The van der Waals surface area contributed by atoms with Crippen LogP contribution in [0.2, 0.25) is 0 Å². The molecular formula is C19H17NO2. The molecule has 0 radical (unpaired) electrons. The van der Waals surface area contributed by atoms with Gasteiger partial charge in [-0.05, 0) is 29.3 Å². The molecule has 1 aliphatic rings. The van der Waals surface area contributed by atoms with Crippen molar-refractivity contribution in [1.29, 1.82) is 0 Å². The van der Waals surface area contributed by atoms with Gasteiger partial charge < -0.3 is 9.94 Å². The number of rotatable bonds is 1. The van der Waals surface area contributed by atoms with Crippen molar-refractivity contribution in [2.24, 2.45) is 0 Å². The normalized spacial score (nSPS) is 21.4. The van der Waals surface area contributed by atoms with Gasteiger partial charge in [0.25, 0.3) is 0 Å². The third kappa shape index (κ3) is 1.98. The summed E-state index contributed by atoms with van der Waals surface area (Å²) in [5.74, 6) is 0.838. The molecule has 0 amide bonds. The van der Waals surface area contributed by atoms with Crippen LogP contribution in [0.15, 0.2) is 66.7 Å². The van der Waals surface area contributed by atoms with Crippen LogP contribution in [0, 0.1) is 0 Å². The molecule has 0 spiro atoms. The third-order valence-corrected chi connectivity index (χ3v) is 4.25. The van der Waals surface area contributed by atoms with E-state index in [4.69, 9.17) is 4.74 Å². The van der Waals surface area contributed by atoms with Crippen molar-refractivity contribution in [3.8, 4) is 5.75 Å². The number of hydroxylamine groups is 2. The van der Waals surface area contributed by atoms with Crippen LogP contribution < -0.4 is 4.74 Å². The third-order valence-electron chi connectivity index (χ3n) is 4.25. The molecule has 1 N–H and O–H groups in total. The van der Waals surface area contributed by atoms with Crippen molar-refractivity contribution in [1.82, 2.24) is 5.06 Å². The minimum atomic E-state index is -0.390. The van der Waals surface area contributed by atoms with Gasteiger partial charge >= 0.3 is 0 Å². The molecule has 110 valence electrons. The van der Waals surface area contributed by atoms with E-state index in [9.17, 15) is 5.21 Å². The standard InChI is InChI=1S/C19H17NO2/c1-13-20(21)19(15-8-3-2-4-9-15)18-16-10-6-5-7-14(16)11-12-17(18)22-13/h2-13,19,21H,1H3/t13-,19+/m1/s1. The molecule has 0 aliphatic carbocycles. The van der Waals surface area contributed by atoms with Crippen molar-refractivity contribution in [2.75, 3.05) is 0 Å². The summed E-state index contributed by atoms with van der Waals surface area (Å²) in [5.41, 5.74) is 2.07. The van der Waals surface area contributed by atoms with Gasteiger partial charge in [-0.3, -0.25) is 0 Å². The maximum absolute atomic E-state index is 10.6. The molecule has 22 heavy (non-hydrogen) atoms. The highest BCUT2D eigenvalue weighted by atomic mass is 16.6. The highest BCUT2D eigenvalue weighted by Gasteiger charge is 2.35. The zero-order chi connectivity index (χ0) is 15.1. The predicted octanol–water partition coefficient (Wildman–Crippen LogP) is 4.36. The molecule has 3 heteroatoms. The fraction of sp³-hybridized carbons (Fsp3) is 0.158. The molecule has 1 heterocycles. The SMILES string of the molecule is C[C@H]1Oc2ccc3ccccc3c2[C@H](c2ccccc2)N1O. The van der Waals surface area contributed by atoms with Gasteiger partial charge in [0, 0.05) is 5.56 Å². The Morgan fingerprint density at radius 2 is 1.64 bits per heavy atom. The Labute approximate surface area is 129 Å². The van der Waals surface area contributed by atoms with Crippen LogP contribution in [0.25, 0.3) is 10.8 Å². The van der Waals surface area contributed by atoms with Crippen LogP contribution in [0.3, 0.4) is 0 Å². The molecule has 0 fully saturated rings. The monoisotopic (exact) mass is 291 g/mol. The van der Waals surface area contributed by atoms with E-state index in [1.165, 1.54) is 5.06 Å². The van der Waals surface area contributed by atoms with Gasteiger partial charge in [0.05, 0.1) is 6.04 Å². The molecular weight excluding hydrogens is 274 g/mol. The summed E-state index contributed by atoms with van der Waals surface area (Å²) in [4.78, 5) is 0. The Morgan fingerprint density at radius 1 is 0.909 bits per heavy atom. The van der Waals surface area contributed by atoms with E-state index in [2.05, 4.69) is 18.2 Å². The highest BCUT2D eigenvalue weighted by molar-refractivity contribution is 5.88. The summed E-state index contributed by atoms with van der Waals surface area (Å²) >= 11 is 0. The van der Waals surface area contributed by atoms with Gasteiger partial charge in [-0.25, -0.2) is 0 Å². The average Bonchev–Trinajstić information content (AvgIpc) is 2.57. The van der Waals surface area contributed by atoms with Gasteiger partial charge in [0.2, 0.25) is 0 Å². The minimum absolute atomic E-state index is 0.231. The first-order valence-electron chi connectivity index (χ1n) is 7.46. The van der Waals surface area contributed by atoms with Crippen LogP contribution in [0.1, 0.15) is 24.1 Å². The van der Waals surface area contributed by atoms with Crippen LogP contribution >= 0.6 is 0 Å². The summed E-state index contributed by atoms with van der Waals surface area (Å²) in [6.07, 6.45) is -0.390. The van der Waals surface area contributed by atoms with E-state index in [1.807, 2.05) is 55.5 Å². The molecule has 0 bridgehead atoms. The van der Waals surface area contributed by atoms with Gasteiger partial charge in [-0.2, -0.15) is 0 Å². The fourth-order valence-electron chi connectivity index (χ4n) is 3.20. The van der Waals surface area contributed by atoms with Crippen molar-refractivity contribution < 1.29 is 9.94 Å². The molecule has 3 nitrogen and oxygen atoms in total. The van der Waals surface area contributed by atoms with Crippen LogP contribution in [0.4, 0.5) is 0 Å². The van der Waals surface area contributed by atoms with Crippen molar-refractivity contribution in [3.05, 3.63) is 77.9 Å². The fourth-order valence-corrected chi connectivity index (χ4v) is 3.20. The maximum atomic E-state index is 10.6. The van der Waals surface area contributed by atoms with Gasteiger partial charge in [0.1, 0.15) is 5.75 Å². The van der Waals surface area contributed by atoms with Crippen molar-refractivity contribution in [3.63, 3.8) is 0 Å². The van der Waals surface area contributed by atoms with Crippen molar-refractivity contribution >= 4 is 10.8 Å².